The summed E-state index contributed by atoms with van der Waals surface area (Å²) in [6.45, 7) is 2.69. The fourth-order valence-corrected chi connectivity index (χ4v) is 4.22. The summed E-state index contributed by atoms with van der Waals surface area (Å²) in [6, 6.07) is 14.2. The van der Waals surface area contributed by atoms with Crippen LogP contribution in [0.2, 0.25) is 5.02 Å². The van der Waals surface area contributed by atoms with Crippen LogP contribution in [0.15, 0.2) is 47.5 Å². The van der Waals surface area contributed by atoms with Gasteiger partial charge in [0.1, 0.15) is 11.6 Å². The third-order valence-electron chi connectivity index (χ3n) is 5.47. The minimum atomic E-state index is 0.0726. The van der Waals surface area contributed by atoms with Crippen molar-refractivity contribution in [1.82, 2.24) is 5.32 Å². The van der Waals surface area contributed by atoms with Gasteiger partial charge in [-0.25, -0.2) is 0 Å². The quantitative estimate of drug-likeness (QED) is 0.848. The number of anilines is 1. The second-order valence-corrected chi connectivity index (χ2v) is 7.59. The molecule has 0 radical (unpaired) electrons. The normalized spacial score (nSPS) is 19.8. The summed E-state index contributed by atoms with van der Waals surface area (Å²) in [5, 5.41) is 7.86. The molecule has 26 heavy (non-hydrogen) atoms. The van der Waals surface area contributed by atoms with Crippen LogP contribution in [-0.2, 0) is 13.0 Å². The maximum Gasteiger partial charge on any atom is 0.119 e. The number of nitrogens with one attached hydrogen (secondary N) is 2. The third kappa shape index (κ3) is 3.44. The minimum absolute atomic E-state index is 0.0726. The Morgan fingerprint density at radius 2 is 2.00 bits per heavy atom. The number of benzene rings is 2. The van der Waals surface area contributed by atoms with E-state index in [1.54, 1.807) is 7.11 Å². The van der Waals surface area contributed by atoms with Gasteiger partial charge < -0.3 is 15.4 Å². The second kappa shape index (κ2) is 7.29. The monoisotopic (exact) mass is 369 g/mol. The lowest BCUT2D eigenvalue weighted by Gasteiger charge is -2.43. The van der Waals surface area contributed by atoms with Crippen molar-refractivity contribution in [2.45, 2.75) is 25.8 Å². The van der Waals surface area contributed by atoms with Gasteiger partial charge in [-0.2, -0.15) is 0 Å². The van der Waals surface area contributed by atoms with E-state index in [1.807, 2.05) is 24.3 Å². The SMILES string of the molecule is COc1ccc2c(c1)CC1(CCNCC1)C(=NCc1cccc(Cl)c1)N2. The van der Waals surface area contributed by atoms with Crippen molar-refractivity contribution in [3.05, 3.63) is 58.6 Å². The maximum absolute atomic E-state index is 6.12. The van der Waals surface area contributed by atoms with Crippen molar-refractivity contribution >= 4 is 23.1 Å². The second-order valence-electron chi connectivity index (χ2n) is 7.15. The van der Waals surface area contributed by atoms with Gasteiger partial charge in [-0.3, -0.25) is 4.99 Å². The summed E-state index contributed by atoms with van der Waals surface area (Å²) in [5.74, 6) is 2.02. The average molecular weight is 370 g/mol. The largest absolute Gasteiger partial charge is 0.497 e. The van der Waals surface area contributed by atoms with Crippen LogP contribution in [0.3, 0.4) is 0 Å². The van der Waals surface area contributed by atoms with Gasteiger partial charge >= 0.3 is 0 Å². The predicted octanol–water partition coefficient (Wildman–Crippen LogP) is 4.29. The molecule has 2 aliphatic rings. The number of rotatable bonds is 3. The zero-order chi connectivity index (χ0) is 18.0. The van der Waals surface area contributed by atoms with E-state index in [-0.39, 0.29) is 5.41 Å². The number of aliphatic imine (C=N–C) groups is 1. The lowest BCUT2D eigenvalue weighted by molar-refractivity contribution is 0.292. The Morgan fingerprint density at radius 1 is 1.15 bits per heavy atom. The molecular formula is C21H24ClN3O. The summed E-state index contributed by atoms with van der Waals surface area (Å²) >= 11 is 6.12. The Hall–Kier alpha value is -2.04. The fourth-order valence-electron chi connectivity index (χ4n) is 4.01. The van der Waals surface area contributed by atoms with E-state index in [4.69, 9.17) is 21.3 Å². The van der Waals surface area contributed by atoms with E-state index in [0.29, 0.717) is 6.54 Å². The Balaban J connectivity index is 1.67. The lowest BCUT2D eigenvalue weighted by Crippen LogP contribution is -2.48. The van der Waals surface area contributed by atoms with Crippen LogP contribution in [0.4, 0.5) is 5.69 Å². The van der Waals surface area contributed by atoms with E-state index in [9.17, 15) is 0 Å². The highest BCUT2D eigenvalue weighted by atomic mass is 35.5. The van der Waals surface area contributed by atoms with Gasteiger partial charge in [0.05, 0.1) is 13.7 Å². The van der Waals surface area contributed by atoms with Gasteiger partial charge in [-0.15, -0.1) is 0 Å². The van der Waals surface area contributed by atoms with Gasteiger partial charge in [0.15, 0.2) is 0 Å². The number of ether oxygens (including phenoxy) is 1. The van der Waals surface area contributed by atoms with E-state index in [1.165, 1.54) is 5.56 Å². The number of hydrogen-bond acceptors (Lipinski definition) is 3. The molecule has 0 unspecified atom stereocenters. The van der Waals surface area contributed by atoms with E-state index in [0.717, 1.165) is 60.2 Å². The zero-order valence-electron chi connectivity index (χ0n) is 15.0. The molecule has 1 saturated heterocycles. The van der Waals surface area contributed by atoms with Crippen LogP contribution >= 0.6 is 11.6 Å². The number of piperidine rings is 1. The first kappa shape index (κ1) is 17.4. The van der Waals surface area contributed by atoms with E-state index >= 15 is 0 Å². The van der Waals surface area contributed by atoms with Crippen LogP contribution < -0.4 is 15.4 Å². The first-order valence-electron chi connectivity index (χ1n) is 9.13. The van der Waals surface area contributed by atoms with Gasteiger partial charge in [-0.05, 0) is 73.8 Å². The average Bonchev–Trinajstić information content (AvgIpc) is 2.66. The first-order chi connectivity index (χ1) is 12.7. The molecule has 2 aromatic rings. The molecular weight excluding hydrogens is 346 g/mol. The van der Waals surface area contributed by atoms with E-state index < -0.39 is 0 Å². The fraction of sp³-hybridized carbons (Fsp3) is 0.381. The Morgan fingerprint density at radius 3 is 2.77 bits per heavy atom. The highest BCUT2D eigenvalue weighted by Crippen LogP contribution is 2.42. The molecule has 0 atom stereocenters. The molecule has 0 amide bonds. The molecule has 4 nitrogen and oxygen atoms in total. The molecule has 0 aromatic heterocycles. The summed E-state index contributed by atoms with van der Waals surface area (Å²) in [6.07, 6.45) is 3.18. The van der Waals surface area contributed by atoms with Gasteiger partial charge in [0, 0.05) is 16.1 Å². The van der Waals surface area contributed by atoms with Crippen molar-refractivity contribution in [3.8, 4) is 5.75 Å². The highest BCUT2D eigenvalue weighted by molar-refractivity contribution is 6.30. The number of hydrogen-bond donors (Lipinski definition) is 2. The molecule has 1 spiro atoms. The molecule has 2 aromatic carbocycles. The third-order valence-corrected chi connectivity index (χ3v) is 5.70. The topological polar surface area (TPSA) is 45.6 Å². The smallest absolute Gasteiger partial charge is 0.119 e. The Bertz CT molecular complexity index is 828. The molecule has 0 saturated carbocycles. The number of amidine groups is 1. The number of nitrogens with zero attached hydrogens (tertiary/aromatic N) is 1. The van der Waals surface area contributed by atoms with Crippen LogP contribution in [0.5, 0.6) is 5.75 Å². The van der Waals surface area contributed by atoms with Crippen molar-refractivity contribution in [1.29, 1.82) is 0 Å². The lowest BCUT2D eigenvalue weighted by atomic mass is 9.71. The van der Waals surface area contributed by atoms with Gasteiger partial charge in [-0.1, -0.05) is 23.7 Å². The summed E-state index contributed by atoms with van der Waals surface area (Å²) in [4.78, 5) is 5.00. The molecule has 2 heterocycles. The summed E-state index contributed by atoms with van der Waals surface area (Å²) in [7, 11) is 1.72. The molecule has 2 N–H and O–H groups in total. The van der Waals surface area contributed by atoms with Crippen LogP contribution in [0.25, 0.3) is 0 Å². The van der Waals surface area contributed by atoms with Crippen LogP contribution in [0, 0.1) is 5.41 Å². The highest BCUT2D eigenvalue weighted by Gasteiger charge is 2.41. The summed E-state index contributed by atoms with van der Waals surface area (Å²) in [5.41, 5.74) is 3.66. The molecule has 1 fully saturated rings. The number of fused-ring (bicyclic) bond motifs is 1. The standard InChI is InChI=1S/C21H24ClN3O/c1-26-18-5-6-19-16(12-18)13-21(7-9-23-10-8-21)20(25-19)24-14-15-3-2-4-17(22)11-15/h2-6,11-12,23H,7-10,13-14H2,1H3,(H,24,25). The molecule has 0 bridgehead atoms. The maximum atomic E-state index is 6.12. The molecule has 2 aliphatic heterocycles. The molecule has 5 heteroatoms. The Kier molecular flexibility index (Phi) is 4.88. The van der Waals surface area contributed by atoms with Crippen molar-refractivity contribution in [2.75, 3.05) is 25.5 Å². The van der Waals surface area contributed by atoms with Crippen LogP contribution in [-0.4, -0.2) is 26.0 Å². The number of methoxy groups -OCH3 is 1. The Labute approximate surface area is 159 Å². The molecule has 0 aliphatic carbocycles. The predicted molar refractivity (Wildman–Crippen MR) is 107 cm³/mol. The van der Waals surface area contributed by atoms with Gasteiger partial charge in [0.25, 0.3) is 0 Å². The zero-order valence-corrected chi connectivity index (χ0v) is 15.8. The molecule has 4 rings (SSSR count). The van der Waals surface area contributed by atoms with E-state index in [2.05, 4.69) is 28.8 Å². The number of halogens is 1. The van der Waals surface area contributed by atoms with Crippen molar-refractivity contribution < 1.29 is 4.74 Å². The van der Waals surface area contributed by atoms with Crippen LogP contribution in [0.1, 0.15) is 24.0 Å². The van der Waals surface area contributed by atoms with Crippen molar-refractivity contribution in [3.63, 3.8) is 0 Å². The molecule has 136 valence electrons. The van der Waals surface area contributed by atoms with Crippen molar-refractivity contribution in [2.24, 2.45) is 10.4 Å². The minimum Gasteiger partial charge on any atom is -0.497 e. The van der Waals surface area contributed by atoms with Gasteiger partial charge in [0.2, 0.25) is 0 Å². The summed E-state index contributed by atoms with van der Waals surface area (Å²) < 4.78 is 5.42. The first-order valence-corrected chi connectivity index (χ1v) is 9.50.